The molecular formula is C31H40F4N4O2. The standard InChI is InChI=1S/C31H40F4N4O2/c32-25-8-3-7-23(17-25)26-20-39(27(30(40)41)16-22-5-1-6-22)19-24(26)18-38-14-11-21(12-15-38)4-2-9-29-36-13-10-28(37-29)31(33,34)35/h3,7-8,10,13,17,21-22,24,26-27H,1-2,4-6,9,11-12,14-16,18-20H2,(H,40,41). The number of rotatable bonds is 11. The molecule has 0 amide bonds. The second-order valence-electron chi connectivity index (χ2n) is 12.3. The van der Waals surface area contributed by atoms with Crippen molar-refractivity contribution in [3.63, 3.8) is 0 Å². The van der Waals surface area contributed by atoms with E-state index in [0.29, 0.717) is 37.8 Å². The molecule has 41 heavy (non-hydrogen) atoms. The lowest BCUT2D eigenvalue weighted by Crippen LogP contribution is -2.43. The van der Waals surface area contributed by atoms with Crippen molar-refractivity contribution in [1.29, 1.82) is 0 Å². The fourth-order valence-corrected chi connectivity index (χ4v) is 6.92. The number of hydrogen-bond donors (Lipinski definition) is 1. The first-order valence-corrected chi connectivity index (χ1v) is 15.0. The smallest absolute Gasteiger partial charge is 0.433 e. The van der Waals surface area contributed by atoms with Gasteiger partial charge in [-0.05, 0) is 86.7 Å². The number of likely N-dealkylation sites (tertiary alicyclic amines) is 2. The number of benzene rings is 1. The lowest BCUT2D eigenvalue weighted by Gasteiger charge is -2.35. The van der Waals surface area contributed by atoms with E-state index in [1.165, 1.54) is 18.7 Å². The highest BCUT2D eigenvalue weighted by Gasteiger charge is 2.41. The molecule has 1 aromatic heterocycles. The predicted octanol–water partition coefficient (Wildman–Crippen LogP) is 6.03. The molecule has 3 aliphatic rings. The number of carbonyl (C=O) groups is 1. The third-order valence-corrected chi connectivity index (χ3v) is 9.46. The number of aryl methyl sites for hydroxylation is 1. The maximum atomic E-state index is 14.2. The van der Waals surface area contributed by atoms with Crippen LogP contribution in [-0.2, 0) is 17.4 Å². The minimum Gasteiger partial charge on any atom is -0.480 e. The zero-order chi connectivity index (χ0) is 29.0. The number of halogens is 4. The van der Waals surface area contributed by atoms with E-state index >= 15 is 0 Å². The number of alkyl halides is 3. The van der Waals surface area contributed by atoms with Gasteiger partial charge in [0.1, 0.15) is 23.4 Å². The monoisotopic (exact) mass is 576 g/mol. The van der Waals surface area contributed by atoms with Crippen molar-refractivity contribution in [2.75, 3.05) is 32.7 Å². The van der Waals surface area contributed by atoms with E-state index in [4.69, 9.17) is 0 Å². The summed E-state index contributed by atoms with van der Waals surface area (Å²) in [5.41, 5.74) is 0.0486. The highest BCUT2D eigenvalue weighted by atomic mass is 19.4. The van der Waals surface area contributed by atoms with Crippen LogP contribution in [-0.4, -0.2) is 69.6 Å². The van der Waals surface area contributed by atoms with Crippen molar-refractivity contribution < 1.29 is 27.5 Å². The van der Waals surface area contributed by atoms with Crippen molar-refractivity contribution in [2.24, 2.45) is 17.8 Å². The van der Waals surface area contributed by atoms with Gasteiger partial charge in [0.05, 0.1) is 0 Å². The molecule has 1 aliphatic carbocycles. The summed E-state index contributed by atoms with van der Waals surface area (Å²) in [6.45, 7) is 4.04. The number of piperidine rings is 1. The van der Waals surface area contributed by atoms with Crippen LogP contribution >= 0.6 is 0 Å². The van der Waals surface area contributed by atoms with Crippen molar-refractivity contribution >= 4 is 5.97 Å². The Morgan fingerprint density at radius 3 is 2.51 bits per heavy atom. The quantitative estimate of drug-likeness (QED) is 0.330. The van der Waals surface area contributed by atoms with Crippen LogP contribution in [0.4, 0.5) is 17.6 Å². The van der Waals surface area contributed by atoms with E-state index < -0.39 is 23.9 Å². The molecule has 1 saturated carbocycles. The number of aromatic nitrogens is 2. The van der Waals surface area contributed by atoms with Crippen LogP contribution in [0.2, 0.25) is 0 Å². The SMILES string of the molecule is O=C(O)C(CC1CCC1)N1CC(CN2CCC(CCCc3nccc(C(F)(F)F)n3)CC2)C(c2cccc(F)c2)C1. The van der Waals surface area contributed by atoms with Gasteiger partial charge < -0.3 is 10.0 Å². The van der Waals surface area contributed by atoms with Gasteiger partial charge in [0.15, 0.2) is 0 Å². The average molecular weight is 577 g/mol. The second kappa shape index (κ2) is 13.2. The Morgan fingerprint density at radius 1 is 1.07 bits per heavy atom. The lowest BCUT2D eigenvalue weighted by molar-refractivity contribution is -0.144. The molecule has 2 aliphatic heterocycles. The van der Waals surface area contributed by atoms with Crippen molar-refractivity contribution in [3.8, 4) is 0 Å². The van der Waals surface area contributed by atoms with E-state index in [-0.39, 0.29) is 23.5 Å². The number of nitrogens with zero attached hydrogens (tertiary/aromatic N) is 4. The Hall–Kier alpha value is -2.59. The van der Waals surface area contributed by atoms with E-state index in [1.807, 2.05) is 6.07 Å². The summed E-state index contributed by atoms with van der Waals surface area (Å²) < 4.78 is 52.9. The van der Waals surface area contributed by atoms with E-state index in [9.17, 15) is 27.5 Å². The van der Waals surface area contributed by atoms with E-state index in [0.717, 1.165) is 69.8 Å². The Kier molecular flexibility index (Phi) is 9.59. The minimum atomic E-state index is -4.46. The maximum Gasteiger partial charge on any atom is 0.433 e. The summed E-state index contributed by atoms with van der Waals surface area (Å²) in [5, 5.41) is 10.1. The Bertz CT molecular complexity index is 1170. The Morgan fingerprint density at radius 2 is 1.85 bits per heavy atom. The largest absolute Gasteiger partial charge is 0.480 e. The molecule has 0 radical (unpaired) electrons. The predicted molar refractivity (Wildman–Crippen MR) is 147 cm³/mol. The number of hydrogen-bond acceptors (Lipinski definition) is 5. The van der Waals surface area contributed by atoms with Crippen molar-refractivity contribution in [3.05, 3.63) is 59.4 Å². The zero-order valence-corrected chi connectivity index (χ0v) is 23.4. The third kappa shape index (κ3) is 7.83. The van der Waals surface area contributed by atoms with Gasteiger partial charge in [-0.1, -0.05) is 31.4 Å². The van der Waals surface area contributed by atoms with Gasteiger partial charge in [0, 0.05) is 38.2 Å². The fourth-order valence-electron chi connectivity index (χ4n) is 6.92. The van der Waals surface area contributed by atoms with Crippen LogP contribution in [0.3, 0.4) is 0 Å². The average Bonchev–Trinajstić information content (AvgIpc) is 3.31. The summed E-state index contributed by atoms with van der Waals surface area (Å²) in [6.07, 6.45) is 4.95. The minimum absolute atomic E-state index is 0.0825. The summed E-state index contributed by atoms with van der Waals surface area (Å²) in [5.74, 6) is 0.515. The molecule has 3 heterocycles. The first kappa shape index (κ1) is 29.9. The fraction of sp³-hybridized carbons (Fsp3) is 0.645. The summed E-state index contributed by atoms with van der Waals surface area (Å²) >= 11 is 0. The summed E-state index contributed by atoms with van der Waals surface area (Å²) in [7, 11) is 0. The highest BCUT2D eigenvalue weighted by Crippen LogP contribution is 2.38. The van der Waals surface area contributed by atoms with Crippen LogP contribution in [0, 0.1) is 23.6 Å². The Balaban J connectivity index is 1.15. The lowest BCUT2D eigenvalue weighted by atomic mass is 9.80. The topological polar surface area (TPSA) is 69.6 Å². The van der Waals surface area contributed by atoms with Crippen molar-refractivity contribution in [1.82, 2.24) is 19.8 Å². The van der Waals surface area contributed by atoms with Gasteiger partial charge in [0.2, 0.25) is 0 Å². The first-order valence-electron chi connectivity index (χ1n) is 15.0. The van der Waals surface area contributed by atoms with E-state index in [1.54, 1.807) is 12.1 Å². The van der Waals surface area contributed by atoms with Gasteiger partial charge in [-0.2, -0.15) is 13.2 Å². The molecule has 3 unspecified atom stereocenters. The van der Waals surface area contributed by atoms with Gasteiger partial charge in [0.25, 0.3) is 0 Å². The van der Waals surface area contributed by atoms with E-state index in [2.05, 4.69) is 19.8 Å². The number of aliphatic carboxylic acids is 1. The van der Waals surface area contributed by atoms with Crippen LogP contribution in [0.25, 0.3) is 0 Å². The molecule has 2 saturated heterocycles. The Labute approximate surface area is 239 Å². The molecule has 6 nitrogen and oxygen atoms in total. The number of carboxylic acid groups (broad SMARTS) is 1. The van der Waals surface area contributed by atoms with Gasteiger partial charge in [-0.3, -0.25) is 9.69 Å². The van der Waals surface area contributed by atoms with Crippen LogP contribution in [0.15, 0.2) is 36.5 Å². The molecule has 10 heteroatoms. The molecule has 0 spiro atoms. The normalized spacial score (nSPS) is 23.9. The molecule has 224 valence electrons. The second-order valence-corrected chi connectivity index (χ2v) is 12.3. The molecule has 0 bridgehead atoms. The summed E-state index contributed by atoms with van der Waals surface area (Å²) in [6, 6.07) is 7.16. The van der Waals surface area contributed by atoms with Crippen LogP contribution in [0.1, 0.15) is 74.4 Å². The first-order chi connectivity index (χ1) is 19.7. The highest BCUT2D eigenvalue weighted by molar-refractivity contribution is 5.73. The molecule has 1 aromatic carbocycles. The zero-order valence-electron chi connectivity index (χ0n) is 23.4. The molecule has 5 rings (SSSR count). The molecular weight excluding hydrogens is 536 g/mol. The third-order valence-electron chi connectivity index (χ3n) is 9.46. The van der Waals surface area contributed by atoms with Gasteiger partial charge in [-0.25, -0.2) is 14.4 Å². The van der Waals surface area contributed by atoms with Crippen LogP contribution in [0.5, 0.6) is 0 Å². The van der Waals surface area contributed by atoms with Crippen LogP contribution < -0.4 is 0 Å². The van der Waals surface area contributed by atoms with Gasteiger partial charge >= 0.3 is 12.1 Å². The molecule has 3 fully saturated rings. The molecule has 3 atom stereocenters. The molecule has 2 aromatic rings. The van der Waals surface area contributed by atoms with Crippen molar-refractivity contribution in [2.45, 2.75) is 75.9 Å². The maximum absolute atomic E-state index is 14.2. The van der Waals surface area contributed by atoms with Gasteiger partial charge in [-0.15, -0.1) is 0 Å². The number of carboxylic acids is 1. The summed E-state index contributed by atoms with van der Waals surface area (Å²) in [4.78, 5) is 24.5. The molecule has 1 N–H and O–H groups in total.